The molecule has 0 aliphatic rings. The zero-order chi connectivity index (χ0) is 13.4. The van der Waals surface area contributed by atoms with Crippen molar-refractivity contribution in [1.82, 2.24) is 15.6 Å². The Kier molecular flexibility index (Phi) is 5.63. The van der Waals surface area contributed by atoms with E-state index in [1.54, 1.807) is 18.3 Å². The van der Waals surface area contributed by atoms with E-state index < -0.39 is 0 Å². The zero-order valence-corrected chi connectivity index (χ0v) is 10.6. The molecule has 2 amide bonds. The first-order chi connectivity index (χ1) is 8.67. The van der Waals surface area contributed by atoms with Crippen molar-refractivity contribution < 1.29 is 9.59 Å². The predicted molar refractivity (Wildman–Crippen MR) is 69.4 cm³/mol. The molecule has 0 unspecified atom stereocenters. The molecule has 0 saturated heterocycles. The highest BCUT2D eigenvalue weighted by atomic mass is 16.2. The molecule has 18 heavy (non-hydrogen) atoms. The Morgan fingerprint density at radius 1 is 1.17 bits per heavy atom. The molecule has 0 fully saturated rings. The molecule has 0 radical (unpaired) electrons. The maximum Gasteiger partial charge on any atom is 0.270 e. The second kappa shape index (κ2) is 7.26. The number of aromatic nitrogens is 1. The minimum atomic E-state index is -0.357. The summed E-state index contributed by atoms with van der Waals surface area (Å²) in [5.41, 5.74) is 1.15. The van der Waals surface area contributed by atoms with Gasteiger partial charge in [0.15, 0.2) is 0 Å². The van der Waals surface area contributed by atoms with E-state index in [2.05, 4.69) is 20.9 Å². The monoisotopic (exact) mass is 250 g/mol. The van der Waals surface area contributed by atoms with Crippen LogP contribution < -0.4 is 16.0 Å². The molecule has 1 aromatic rings. The molecule has 0 aliphatic heterocycles. The lowest BCUT2D eigenvalue weighted by atomic mass is 10.3. The van der Waals surface area contributed by atoms with Gasteiger partial charge >= 0.3 is 0 Å². The molecular weight excluding hydrogens is 232 g/mol. The van der Waals surface area contributed by atoms with Crippen molar-refractivity contribution in [3.63, 3.8) is 0 Å². The van der Waals surface area contributed by atoms with Crippen LogP contribution in [0.3, 0.4) is 0 Å². The molecule has 6 heteroatoms. The molecule has 0 aromatic carbocycles. The molecule has 0 bridgehead atoms. The minimum absolute atomic E-state index is 0.0384. The van der Waals surface area contributed by atoms with Crippen molar-refractivity contribution in [1.29, 1.82) is 0 Å². The molecule has 0 spiro atoms. The summed E-state index contributed by atoms with van der Waals surface area (Å²) in [6, 6.07) is 3.39. The molecule has 1 rings (SSSR count). The lowest BCUT2D eigenvalue weighted by Gasteiger charge is -2.06. The summed E-state index contributed by atoms with van der Waals surface area (Å²) in [4.78, 5) is 26.8. The number of carbonyl (C=O) groups excluding carboxylic acids is 2. The lowest BCUT2D eigenvalue weighted by molar-refractivity contribution is -0.120. The molecule has 0 saturated carbocycles. The van der Waals surface area contributed by atoms with Gasteiger partial charge in [-0.25, -0.2) is 4.98 Å². The van der Waals surface area contributed by atoms with Crippen LogP contribution in [0.1, 0.15) is 24.3 Å². The quantitative estimate of drug-likeness (QED) is 0.681. The molecule has 3 N–H and O–H groups in total. The minimum Gasteiger partial charge on any atom is -0.384 e. The molecular formula is C12H18N4O2. The van der Waals surface area contributed by atoms with E-state index in [-0.39, 0.29) is 18.4 Å². The average molecular weight is 250 g/mol. The van der Waals surface area contributed by atoms with Gasteiger partial charge in [-0.2, -0.15) is 0 Å². The highest BCUT2D eigenvalue weighted by Crippen LogP contribution is 2.05. The van der Waals surface area contributed by atoms with Gasteiger partial charge in [0.2, 0.25) is 5.91 Å². The van der Waals surface area contributed by atoms with Gasteiger partial charge in [-0.15, -0.1) is 0 Å². The summed E-state index contributed by atoms with van der Waals surface area (Å²) < 4.78 is 0. The third-order valence-corrected chi connectivity index (χ3v) is 2.16. The van der Waals surface area contributed by atoms with Crippen LogP contribution >= 0.6 is 0 Å². The van der Waals surface area contributed by atoms with Crippen LogP contribution in [0.15, 0.2) is 18.3 Å². The second-order valence-electron chi connectivity index (χ2n) is 3.60. The summed E-state index contributed by atoms with van der Waals surface area (Å²) in [5, 5.41) is 8.18. The zero-order valence-electron chi connectivity index (χ0n) is 10.6. The topological polar surface area (TPSA) is 83.1 Å². The summed E-state index contributed by atoms with van der Waals surface area (Å²) in [6.07, 6.45) is 1.59. The van der Waals surface area contributed by atoms with Crippen molar-refractivity contribution in [3.8, 4) is 0 Å². The van der Waals surface area contributed by atoms with Gasteiger partial charge in [0.25, 0.3) is 5.91 Å². The van der Waals surface area contributed by atoms with Crippen LogP contribution in [-0.4, -0.2) is 36.4 Å². The Balaban J connectivity index is 2.48. The summed E-state index contributed by atoms with van der Waals surface area (Å²) in [5.74, 6) is -0.570. The van der Waals surface area contributed by atoms with E-state index in [0.29, 0.717) is 12.2 Å². The Hall–Kier alpha value is -2.11. The van der Waals surface area contributed by atoms with E-state index in [0.717, 1.165) is 12.2 Å². The van der Waals surface area contributed by atoms with Crippen molar-refractivity contribution >= 4 is 17.5 Å². The van der Waals surface area contributed by atoms with Gasteiger partial charge in [-0.1, -0.05) is 0 Å². The summed E-state index contributed by atoms with van der Waals surface area (Å²) in [7, 11) is 0. The number of nitrogens with one attached hydrogen (secondary N) is 3. The van der Waals surface area contributed by atoms with Crippen LogP contribution in [0, 0.1) is 0 Å². The van der Waals surface area contributed by atoms with Gasteiger partial charge in [0, 0.05) is 13.1 Å². The first-order valence-electron chi connectivity index (χ1n) is 5.92. The van der Waals surface area contributed by atoms with Crippen molar-refractivity contribution in [3.05, 3.63) is 24.0 Å². The molecule has 0 aliphatic carbocycles. The second-order valence-corrected chi connectivity index (χ2v) is 3.60. The van der Waals surface area contributed by atoms with Gasteiger partial charge in [-0.05, 0) is 26.0 Å². The van der Waals surface area contributed by atoms with Gasteiger partial charge < -0.3 is 16.0 Å². The van der Waals surface area contributed by atoms with Crippen molar-refractivity contribution in [2.24, 2.45) is 0 Å². The number of anilines is 1. The number of hydrogen-bond donors (Lipinski definition) is 3. The lowest BCUT2D eigenvalue weighted by Crippen LogP contribution is -2.37. The van der Waals surface area contributed by atoms with E-state index >= 15 is 0 Å². The van der Waals surface area contributed by atoms with Gasteiger partial charge in [-0.3, -0.25) is 9.59 Å². The van der Waals surface area contributed by atoms with Gasteiger partial charge in [0.1, 0.15) is 5.69 Å². The Morgan fingerprint density at radius 2 is 1.94 bits per heavy atom. The molecule has 1 heterocycles. The maximum absolute atomic E-state index is 11.6. The number of hydrogen-bond acceptors (Lipinski definition) is 4. The fourth-order valence-electron chi connectivity index (χ4n) is 1.35. The first kappa shape index (κ1) is 14.0. The maximum atomic E-state index is 11.6. The van der Waals surface area contributed by atoms with Crippen molar-refractivity contribution in [2.75, 3.05) is 25.0 Å². The number of rotatable bonds is 6. The number of carbonyl (C=O) groups is 2. The highest BCUT2D eigenvalue weighted by Gasteiger charge is 2.08. The van der Waals surface area contributed by atoms with Crippen LogP contribution in [0.4, 0.5) is 5.69 Å². The standard InChI is InChI=1S/C12H18N4O2/c1-3-13-9-5-6-10(15-7-9)12(18)16-8-11(17)14-4-2/h5-7,13H,3-4,8H2,1-2H3,(H,14,17)(H,16,18). The van der Waals surface area contributed by atoms with Crippen LogP contribution in [0.5, 0.6) is 0 Å². The Labute approximate surface area is 106 Å². The predicted octanol–water partition coefficient (Wildman–Crippen LogP) is 0.379. The fraction of sp³-hybridized carbons (Fsp3) is 0.417. The van der Waals surface area contributed by atoms with E-state index in [1.807, 2.05) is 13.8 Å². The molecule has 98 valence electrons. The smallest absolute Gasteiger partial charge is 0.270 e. The number of nitrogens with zero attached hydrogens (tertiary/aromatic N) is 1. The number of likely N-dealkylation sites (N-methyl/N-ethyl adjacent to an activating group) is 1. The fourth-order valence-corrected chi connectivity index (χ4v) is 1.35. The van der Waals surface area contributed by atoms with Crippen molar-refractivity contribution in [2.45, 2.75) is 13.8 Å². The molecule has 6 nitrogen and oxygen atoms in total. The summed E-state index contributed by atoms with van der Waals surface area (Å²) in [6.45, 7) is 5.10. The highest BCUT2D eigenvalue weighted by molar-refractivity contribution is 5.94. The number of amides is 2. The number of pyridine rings is 1. The average Bonchev–Trinajstić information content (AvgIpc) is 2.37. The Bertz CT molecular complexity index is 403. The van der Waals surface area contributed by atoms with E-state index in [9.17, 15) is 9.59 Å². The molecule has 1 aromatic heterocycles. The molecule has 0 atom stereocenters. The summed E-state index contributed by atoms with van der Waals surface area (Å²) >= 11 is 0. The third kappa shape index (κ3) is 4.40. The van der Waals surface area contributed by atoms with Crippen LogP contribution in [0.2, 0.25) is 0 Å². The SMILES string of the molecule is CCNC(=O)CNC(=O)c1ccc(NCC)cn1. The van der Waals surface area contributed by atoms with Gasteiger partial charge in [0.05, 0.1) is 18.4 Å². The van der Waals surface area contributed by atoms with E-state index in [4.69, 9.17) is 0 Å². The third-order valence-electron chi connectivity index (χ3n) is 2.16. The normalized spacial score (nSPS) is 9.67. The Morgan fingerprint density at radius 3 is 2.50 bits per heavy atom. The van der Waals surface area contributed by atoms with Crippen LogP contribution in [-0.2, 0) is 4.79 Å². The van der Waals surface area contributed by atoms with E-state index in [1.165, 1.54) is 0 Å². The largest absolute Gasteiger partial charge is 0.384 e. The first-order valence-corrected chi connectivity index (χ1v) is 5.92. The van der Waals surface area contributed by atoms with Crippen LogP contribution in [0.25, 0.3) is 0 Å².